The third kappa shape index (κ3) is 4.05. The fourth-order valence-corrected chi connectivity index (χ4v) is 3.92. The molecule has 102 valence electrons. The van der Waals surface area contributed by atoms with Crippen LogP contribution in [0.1, 0.15) is 18.4 Å². The van der Waals surface area contributed by atoms with E-state index in [2.05, 4.69) is 22.1 Å². The first-order valence-corrected chi connectivity index (χ1v) is 9.02. The van der Waals surface area contributed by atoms with Gasteiger partial charge < -0.3 is 5.32 Å². The van der Waals surface area contributed by atoms with Crippen molar-refractivity contribution < 1.29 is 8.42 Å². The Morgan fingerprint density at radius 1 is 1.56 bits per heavy atom. The van der Waals surface area contributed by atoms with Gasteiger partial charge in [-0.25, -0.2) is 12.7 Å². The number of nitrogens with one attached hydrogen (secondary N) is 1. The highest BCUT2D eigenvalue weighted by Gasteiger charge is 2.25. The van der Waals surface area contributed by atoms with Crippen LogP contribution in [0.25, 0.3) is 0 Å². The van der Waals surface area contributed by atoms with Crippen LogP contribution in [0.3, 0.4) is 0 Å². The Morgan fingerprint density at radius 3 is 3.06 bits per heavy atom. The van der Waals surface area contributed by atoms with Crippen molar-refractivity contribution in [3.63, 3.8) is 0 Å². The van der Waals surface area contributed by atoms with Crippen LogP contribution in [0.2, 0.25) is 0 Å². The Balaban J connectivity index is 1.76. The van der Waals surface area contributed by atoms with Gasteiger partial charge >= 0.3 is 0 Å². The van der Waals surface area contributed by atoms with E-state index >= 15 is 0 Å². The molecule has 0 saturated carbocycles. The lowest BCUT2D eigenvalue weighted by Gasteiger charge is -2.31. The van der Waals surface area contributed by atoms with Gasteiger partial charge in [-0.15, -0.1) is 0 Å². The molecule has 0 spiro atoms. The minimum Gasteiger partial charge on any atom is -0.312 e. The number of hydrogen-bond donors (Lipinski definition) is 1. The summed E-state index contributed by atoms with van der Waals surface area (Å²) in [6.07, 6.45) is 3.38. The van der Waals surface area contributed by atoms with E-state index in [1.165, 1.54) is 11.8 Å². The predicted molar refractivity (Wildman–Crippen MR) is 75.2 cm³/mol. The fraction of sp³-hybridized carbons (Fsp3) is 0.667. The van der Waals surface area contributed by atoms with Gasteiger partial charge in [-0.3, -0.25) is 0 Å². The summed E-state index contributed by atoms with van der Waals surface area (Å²) in [7, 11) is -3.02. The number of thiophene rings is 1. The van der Waals surface area contributed by atoms with Crippen LogP contribution in [-0.4, -0.2) is 38.6 Å². The largest absolute Gasteiger partial charge is 0.312 e. The Kier molecular flexibility index (Phi) is 4.77. The molecule has 0 bridgehead atoms. The van der Waals surface area contributed by atoms with Crippen LogP contribution >= 0.6 is 11.3 Å². The van der Waals surface area contributed by atoms with Gasteiger partial charge in [0.15, 0.2) is 0 Å². The van der Waals surface area contributed by atoms with E-state index in [1.807, 2.05) is 0 Å². The normalized spacial score (nSPS) is 22.2. The summed E-state index contributed by atoms with van der Waals surface area (Å²) in [5, 5.41) is 7.62. The number of hydrogen-bond acceptors (Lipinski definition) is 4. The lowest BCUT2D eigenvalue weighted by molar-refractivity contribution is 0.261. The summed E-state index contributed by atoms with van der Waals surface area (Å²) in [4.78, 5) is 0. The maximum atomic E-state index is 11.5. The fourth-order valence-electron chi connectivity index (χ4n) is 2.31. The molecule has 4 nitrogen and oxygen atoms in total. The second-order valence-corrected chi connectivity index (χ2v) is 7.65. The van der Waals surface area contributed by atoms with E-state index in [-0.39, 0.29) is 0 Å². The zero-order valence-electron chi connectivity index (χ0n) is 10.6. The van der Waals surface area contributed by atoms with E-state index in [1.54, 1.807) is 15.6 Å². The van der Waals surface area contributed by atoms with Crippen LogP contribution in [0.15, 0.2) is 16.8 Å². The van der Waals surface area contributed by atoms with Crippen molar-refractivity contribution >= 4 is 21.4 Å². The molecule has 1 aliphatic heterocycles. The number of piperidine rings is 1. The minimum atomic E-state index is -3.02. The number of nitrogens with zero attached hydrogens (tertiary/aromatic N) is 1. The molecule has 0 amide bonds. The van der Waals surface area contributed by atoms with Gasteiger partial charge in [-0.2, -0.15) is 11.3 Å². The molecule has 1 fully saturated rings. The van der Waals surface area contributed by atoms with Crippen LogP contribution in [0.5, 0.6) is 0 Å². The average Bonchev–Trinajstić information content (AvgIpc) is 2.81. The van der Waals surface area contributed by atoms with Gasteiger partial charge in [-0.05, 0) is 47.7 Å². The average molecular weight is 288 g/mol. The Hall–Kier alpha value is -0.430. The molecule has 2 heterocycles. The zero-order valence-corrected chi connectivity index (χ0v) is 12.3. The lowest BCUT2D eigenvalue weighted by Crippen LogP contribution is -2.42. The van der Waals surface area contributed by atoms with Gasteiger partial charge in [0.05, 0.1) is 6.26 Å². The standard InChI is InChI=1S/C12H20N2O2S2/c1-18(15,16)14-5-2-3-11(9-14)7-13-8-12-4-6-17-10-12/h4,6,10-11,13H,2-3,5,7-9H2,1H3. The molecule has 1 aromatic heterocycles. The number of sulfonamides is 1. The zero-order chi connectivity index (χ0) is 13.0. The molecule has 2 rings (SSSR count). The maximum absolute atomic E-state index is 11.5. The summed E-state index contributed by atoms with van der Waals surface area (Å²) in [6.45, 7) is 3.11. The highest BCUT2D eigenvalue weighted by atomic mass is 32.2. The van der Waals surface area contributed by atoms with Crippen molar-refractivity contribution in [2.45, 2.75) is 19.4 Å². The molecule has 1 atom stereocenters. The molecule has 1 unspecified atom stereocenters. The molecule has 1 saturated heterocycles. The highest BCUT2D eigenvalue weighted by Crippen LogP contribution is 2.18. The van der Waals surface area contributed by atoms with Crippen molar-refractivity contribution in [3.8, 4) is 0 Å². The topological polar surface area (TPSA) is 49.4 Å². The summed E-state index contributed by atoms with van der Waals surface area (Å²) >= 11 is 1.70. The van der Waals surface area contributed by atoms with Crippen LogP contribution in [0, 0.1) is 5.92 Å². The molecule has 6 heteroatoms. The van der Waals surface area contributed by atoms with Gasteiger partial charge in [0, 0.05) is 19.6 Å². The Bertz CT molecular complexity index is 456. The van der Waals surface area contributed by atoms with E-state index in [0.717, 1.165) is 25.9 Å². The molecule has 18 heavy (non-hydrogen) atoms. The summed E-state index contributed by atoms with van der Waals surface area (Å²) < 4.78 is 24.6. The van der Waals surface area contributed by atoms with Crippen LogP contribution in [0.4, 0.5) is 0 Å². The quantitative estimate of drug-likeness (QED) is 0.893. The van der Waals surface area contributed by atoms with Crippen molar-refractivity contribution in [3.05, 3.63) is 22.4 Å². The Labute approximate surface area is 113 Å². The molecular formula is C12H20N2O2S2. The second-order valence-electron chi connectivity index (χ2n) is 4.89. The predicted octanol–water partition coefficient (Wildman–Crippen LogP) is 1.51. The first-order valence-electron chi connectivity index (χ1n) is 6.22. The lowest BCUT2D eigenvalue weighted by atomic mass is 10.00. The summed E-state index contributed by atoms with van der Waals surface area (Å²) in [6, 6.07) is 2.11. The first kappa shape index (κ1) is 14.0. The van der Waals surface area contributed by atoms with Gasteiger partial charge in [0.1, 0.15) is 0 Å². The smallest absolute Gasteiger partial charge is 0.211 e. The summed E-state index contributed by atoms with van der Waals surface area (Å²) in [5.41, 5.74) is 1.30. The van der Waals surface area contributed by atoms with Gasteiger partial charge in [0.25, 0.3) is 0 Å². The molecule has 0 aliphatic carbocycles. The minimum absolute atomic E-state index is 0.437. The van der Waals surface area contributed by atoms with E-state index in [4.69, 9.17) is 0 Å². The van der Waals surface area contributed by atoms with Crippen molar-refractivity contribution in [1.29, 1.82) is 0 Å². The Morgan fingerprint density at radius 2 is 2.39 bits per heavy atom. The molecule has 1 aromatic rings. The molecule has 0 radical (unpaired) electrons. The van der Waals surface area contributed by atoms with Crippen LogP contribution < -0.4 is 5.32 Å². The number of rotatable bonds is 5. The third-order valence-electron chi connectivity index (χ3n) is 3.29. The molecule has 1 aliphatic rings. The van der Waals surface area contributed by atoms with E-state index in [9.17, 15) is 8.42 Å². The first-order chi connectivity index (χ1) is 8.55. The second kappa shape index (κ2) is 6.14. The molecule has 0 aromatic carbocycles. The maximum Gasteiger partial charge on any atom is 0.211 e. The SMILES string of the molecule is CS(=O)(=O)N1CCCC(CNCc2ccsc2)C1. The van der Waals surface area contributed by atoms with Crippen molar-refractivity contribution in [2.24, 2.45) is 5.92 Å². The van der Waals surface area contributed by atoms with Crippen molar-refractivity contribution in [1.82, 2.24) is 9.62 Å². The molecular weight excluding hydrogens is 268 g/mol. The molecule has 1 N–H and O–H groups in total. The van der Waals surface area contributed by atoms with E-state index in [0.29, 0.717) is 19.0 Å². The third-order valence-corrected chi connectivity index (χ3v) is 5.29. The van der Waals surface area contributed by atoms with E-state index < -0.39 is 10.0 Å². The monoisotopic (exact) mass is 288 g/mol. The van der Waals surface area contributed by atoms with Crippen molar-refractivity contribution in [2.75, 3.05) is 25.9 Å². The van der Waals surface area contributed by atoms with Crippen LogP contribution in [-0.2, 0) is 16.6 Å². The van der Waals surface area contributed by atoms with Gasteiger partial charge in [0.2, 0.25) is 10.0 Å². The highest BCUT2D eigenvalue weighted by molar-refractivity contribution is 7.88. The van der Waals surface area contributed by atoms with Gasteiger partial charge in [-0.1, -0.05) is 0 Å². The summed E-state index contributed by atoms with van der Waals surface area (Å²) in [5.74, 6) is 0.437.